The number of aromatic nitrogens is 2. The summed E-state index contributed by atoms with van der Waals surface area (Å²) in [5.74, 6) is 1.52. The maximum absolute atomic E-state index is 6.29. The van der Waals surface area contributed by atoms with E-state index in [-0.39, 0.29) is 5.41 Å². The first-order valence-electron chi connectivity index (χ1n) is 11.5. The largest absolute Gasteiger partial charge is 0.381 e. The molecule has 0 spiro atoms. The minimum Gasteiger partial charge on any atom is -0.381 e. The Hall–Kier alpha value is -1.96. The van der Waals surface area contributed by atoms with Gasteiger partial charge >= 0.3 is 0 Å². The molecule has 172 valence electrons. The number of benzene rings is 1. The number of thiocarbonyl (C=S) groups is 1. The van der Waals surface area contributed by atoms with Crippen molar-refractivity contribution < 1.29 is 4.74 Å². The van der Waals surface area contributed by atoms with E-state index in [4.69, 9.17) is 33.5 Å². The number of ether oxygens (including phenoxy) is 1. The lowest BCUT2D eigenvalue weighted by molar-refractivity contribution is 0.0515. The molecular weight excluding hydrogens is 442 g/mol. The zero-order valence-electron chi connectivity index (χ0n) is 18.7. The van der Waals surface area contributed by atoms with Crippen molar-refractivity contribution in [1.82, 2.24) is 15.3 Å². The van der Waals surface area contributed by atoms with Crippen molar-refractivity contribution in [2.24, 2.45) is 0 Å². The number of nitrogens with zero attached hydrogens (tertiary/aromatic N) is 3. The Balaban J connectivity index is 1.43. The molecule has 6 nitrogen and oxygen atoms in total. The predicted octanol–water partition coefficient (Wildman–Crippen LogP) is 4.85. The Morgan fingerprint density at radius 3 is 2.59 bits per heavy atom. The lowest BCUT2D eigenvalue weighted by Crippen LogP contribution is -2.45. The summed E-state index contributed by atoms with van der Waals surface area (Å²) in [5.41, 5.74) is 2.09. The molecule has 2 saturated heterocycles. The number of anilines is 2. The van der Waals surface area contributed by atoms with E-state index in [1.165, 1.54) is 31.2 Å². The summed E-state index contributed by atoms with van der Waals surface area (Å²) in [6.07, 6.45) is 6.84. The lowest BCUT2D eigenvalue weighted by atomic mass is 9.74. The monoisotopic (exact) mass is 473 g/mol. The van der Waals surface area contributed by atoms with Crippen LogP contribution in [-0.4, -0.2) is 47.9 Å². The van der Waals surface area contributed by atoms with Gasteiger partial charge in [-0.3, -0.25) is 0 Å². The second-order valence-electron chi connectivity index (χ2n) is 8.80. The van der Waals surface area contributed by atoms with Gasteiger partial charge in [-0.2, -0.15) is 4.98 Å². The molecule has 0 amide bonds. The summed E-state index contributed by atoms with van der Waals surface area (Å²) in [5, 5.41) is 7.91. The first-order valence-corrected chi connectivity index (χ1v) is 12.3. The number of hydrogen-bond donors (Lipinski definition) is 2. The van der Waals surface area contributed by atoms with Crippen LogP contribution in [0.25, 0.3) is 0 Å². The lowest BCUT2D eigenvalue weighted by Gasteiger charge is -2.38. The summed E-state index contributed by atoms with van der Waals surface area (Å²) < 4.78 is 5.64. The topological polar surface area (TPSA) is 62.3 Å². The second kappa shape index (κ2) is 10.8. The molecule has 2 aromatic rings. The molecular formula is C24H32ClN5OS. The number of nitrogens with one attached hydrogen (secondary N) is 2. The van der Waals surface area contributed by atoms with Crippen LogP contribution in [0.15, 0.2) is 30.3 Å². The Kier molecular flexibility index (Phi) is 7.81. The molecule has 3 heterocycles. The maximum Gasteiger partial charge on any atom is 0.231 e. The van der Waals surface area contributed by atoms with Gasteiger partial charge in [-0.25, -0.2) is 4.98 Å². The highest BCUT2D eigenvalue weighted by atomic mass is 35.5. The molecule has 8 heteroatoms. The van der Waals surface area contributed by atoms with Gasteiger partial charge in [0.05, 0.1) is 0 Å². The van der Waals surface area contributed by atoms with E-state index in [0.717, 1.165) is 55.7 Å². The summed E-state index contributed by atoms with van der Waals surface area (Å²) in [6, 6.07) is 10.2. The average Bonchev–Trinajstić information content (AvgIpc) is 3.08. The molecule has 0 unspecified atom stereocenters. The fourth-order valence-electron chi connectivity index (χ4n) is 4.61. The van der Waals surface area contributed by atoms with Gasteiger partial charge in [-0.05, 0) is 62.5 Å². The quantitative estimate of drug-likeness (QED) is 0.601. The highest BCUT2D eigenvalue weighted by molar-refractivity contribution is 7.80. The third-order valence-corrected chi connectivity index (χ3v) is 6.95. The second-order valence-corrected chi connectivity index (χ2v) is 9.65. The normalized spacial score (nSPS) is 18.6. The summed E-state index contributed by atoms with van der Waals surface area (Å²) >= 11 is 11.9. The maximum atomic E-state index is 6.29. The van der Waals surface area contributed by atoms with Crippen molar-refractivity contribution in [2.45, 2.75) is 50.9 Å². The third-order valence-electron chi connectivity index (χ3n) is 6.47. The van der Waals surface area contributed by atoms with Crippen LogP contribution in [0.5, 0.6) is 0 Å². The molecule has 2 N–H and O–H groups in total. The van der Waals surface area contributed by atoms with Gasteiger partial charge in [0, 0.05) is 55.0 Å². The first-order chi connectivity index (χ1) is 15.5. The Morgan fingerprint density at radius 1 is 1.12 bits per heavy atom. The van der Waals surface area contributed by atoms with E-state index in [1.807, 2.05) is 19.1 Å². The number of aryl methyl sites for hydroxylation is 1. The van der Waals surface area contributed by atoms with E-state index < -0.39 is 0 Å². The van der Waals surface area contributed by atoms with Crippen molar-refractivity contribution in [3.05, 3.63) is 46.6 Å². The van der Waals surface area contributed by atoms with E-state index in [1.54, 1.807) is 0 Å². The summed E-state index contributed by atoms with van der Waals surface area (Å²) in [4.78, 5) is 11.7. The van der Waals surface area contributed by atoms with Crippen LogP contribution in [0.3, 0.4) is 0 Å². The van der Waals surface area contributed by atoms with Crippen LogP contribution in [-0.2, 0) is 10.2 Å². The Morgan fingerprint density at radius 2 is 1.88 bits per heavy atom. The highest BCUT2D eigenvalue weighted by Crippen LogP contribution is 2.35. The van der Waals surface area contributed by atoms with Crippen LogP contribution in [0.4, 0.5) is 11.8 Å². The molecule has 1 aromatic carbocycles. The average molecular weight is 474 g/mol. The molecule has 1 aromatic heterocycles. The van der Waals surface area contributed by atoms with E-state index in [9.17, 15) is 0 Å². The van der Waals surface area contributed by atoms with E-state index in [0.29, 0.717) is 17.6 Å². The standard InChI is InChI=1S/C24H32ClN5OS/c1-18-15-21(30-11-4-2-3-5-12-30)28-22(27-18)29-23(32)26-17-24(9-13-31-14-10-24)19-7-6-8-20(25)16-19/h6-8,15-16H,2-5,9-14,17H2,1H3,(H2,26,27,28,29,32). The minimum atomic E-state index is -0.0699. The zero-order valence-corrected chi connectivity index (χ0v) is 20.3. The van der Waals surface area contributed by atoms with Crippen molar-refractivity contribution >= 4 is 40.7 Å². The molecule has 0 atom stereocenters. The van der Waals surface area contributed by atoms with Gasteiger partial charge in [0.2, 0.25) is 5.95 Å². The molecule has 4 rings (SSSR count). The number of halogens is 1. The van der Waals surface area contributed by atoms with Gasteiger partial charge < -0.3 is 20.3 Å². The SMILES string of the molecule is Cc1cc(N2CCCCCC2)nc(NC(=S)NCC2(c3cccc(Cl)c3)CCOCC2)n1. The Labute approximate surface area is 201 Å². The van der Waals surface area contributed by atoms with Crippen molar-refractivity contribution in [3.63, 3.8) is 0 Å². The molecule has 2 aliphatic heterocycles. The summed E-state index contributed by atoms with van der Waals surface area (Å²) in [7, 11) is 0. The van der Waals surface area contributed by atoms with Crippen molar-refractivity contribution in [3.8, 4) is 0 Å². The molecule has 0 radical (unpaired) electrons. The molecule has 32 heavy (non-hydrogen) atoms. The molecule has 0 saturated carbocycles. The smallest absolute Gasteiger partial charge is 0.231 e. The Bertz CT molecular complexity index is 926. The first kappa shape index (κ1) is 23.2. The van der Waals surface area contributed by atoms with Gasteiger partial charge in [-0.15, -0.1) is 0 Å². The van der Waals surface area contributed by atoms with Crippen LogP contribution >= 0.6 is 23.8 Å². The van der Waals surface area contributed by atoms with E-state index in [2.05, 4.69) is 38.7 Å². The van der Waals surface area contributed by atoms with Crippen LogP contribution in [0.1, 0.15) is 49.8 Å². The van der Waals surface area contributed by atoms with Crippen molar-refractivity contribution in [2.75, 3.05) is 43.1 Å². The van der Waals surface area contributed by atoms with Gasteiger partial charge in [-0.1, -0.05) is 36.6 Å². The van der Waals surface area contributed by atoms with Gasteiger partial charge in [0.15, 0.2) is 5.11 Å². The van der Waals surface area contributed by atoms with Crippen LogP contribution in [0.2, 0.25) is 5.02 Å². The third kappa shape index (κ3) is 5.88. The number of rotatable bonds is 5. The van der Waals surface area contributed by atoms with Crippen molar-refractivity contribution in [1.29, 1.82) is 0 Å². The van der Waals surface area contributed by atoms with Crippen LogP contribution < -0.4 is 15.5 Å². The van der Waals surface area contributed by atoms with E-state index >= 15 is 0 Å². The van der Waals surface area contributed by atoms with Gasteiger partial charge in [0.1, 0.15) is 5.82 Å². The minimum absolute atomic E-state index is 0.0699. The fraction of sp³-hybridized carbons (Fsp3) is 0.542. The predicted molar refractivity (Wildman–Crippen MR) is 135 cm³/mol. The van der Waals surface area contributed by atoms with Crippen LogP contribution in [0, 0.1) is 6.92 Å². The number of hydrogen-bond acceptors (Lipinski definition) is 5. The summed E-state index contributed by atoms with van der Waals surface area (Å²) in [6.45, 7) is 6.25. The highest BCUT2D eigenvalue weighted by Gasteiger charge is 2.34. The molecule has 2 fully saturated rings. The molecule has 0 bridgehead atoms. The zero-order chi connectivity index (χ0) is 22.4. The fourth-order valence-corrected chi connectivity index (χ4v) is 4.97. The van der Waals surface area contributed by atoms with Gasteiger partial charge in [0.25, 0.3) is 0 Å². The molecule has 0 aliphatic carbocycles. The molecule has 2 aliphatic rings.